The normalized spacial score (nSPS) is 17.7. The Kier molecular flexibility index (Phi) is 5.31. The van der Waals surface area contributed by atoms with E-state index < -0.39 is 0 Å². The first-order valence-corrected chi connectivity index (χ1v) is 11.3. The van der Waals surface area contributed by atoms with Crippen LogP contribution in [0.15, 0.2) is 52.6 Å². The average molecular weight is 457 g/mol. The van der Waals surface area contributed by atoms with Gasteiger partial charge in [-0.05, 0) is 60.0 Å². The van der Waals surface area contributed by atoms with Crippen LogP contribution >= 0.6 is 35.0 Å². The number of thioether (sulfide) groups is 1. The number of nitrogens with one attached hydrogen (secondary N) is 1. The van der Waals surface area contributed by atoms with Crippen molar-refractivity contribution in [1.29, 1.82) is 0 Å². The fourth-order valence-corrected chi connectivity index (χ4v) is 4.72. The summed E-state index contributed by atoms with van der Waals surface area (Å²) in [6.07, 6.45) is 7.64. The number of hydrogen-bond donors (Lipinski definition) is 1. The summed E-state index contributed by atoms with van der Waals surface area (Å²) < 4.78 is 2.20. The third-order valence-electron chi connectivity index (χ3n) is 5.23. The summed E-state index contributed by atoms with van der Waals surface area (Å²) in [5.41, 5.74) is 3.54. The molecule has 1 amide bonds. The summed E-state index contributed by atoms with van der Waals surface area (Å²) in [6.45, 7) is 0.977. The lowest BCUT2D eigenvalue weighted by Crippen LogP contribution is -2.05. The standard InChI is InChI=1S/C22H18Cl2N4OS/c23-15-2-1-3-16(24)20(15)26-22-27-21(29)19(30-22)11-14-6-7-17-18(10-14)28(12-25-17)9-8-13-4-5-13/h1-3,6-7,10-13H,4-5,8-9H2,(H,26,27,29). The molecule has 1 fully saturated rings. The zero-order chi connectivity index (χ0) is 20.7. The lowest BCUT2D eigenvalue weighted by atomic mass is 10.2. The highest BCUT2D eigenvalue weighted by molar-refractivity contribution is 8.18. The molecule has 2 aromatic carbocycles. The van der Waals surface area contributed by atoms with E-state index in [-0.39, 0.29) is 5.91 Å². The molecular formula is C22H18Cl2N4OS. The Hall–Kier alpha value is -2.28. The first-order chi connectivity index (χ1) is 14.6. The molecule has 1 aliphatic carbocycles. The molecule has 0 unspecified atom stereocenters. The zero-order valence-electron chi connectivity index (χ0n) is 15.9. The molecule has 1 aromatic heterocycles. The number of nitrogens with zero attached hydrogens (tertiary/aromatic N) is 3. The molecule has 0 saturated heterocycles. The van der Waals surface area contributed by atoms with Gasteiger partial charge < -0.3 is 9.88 Å². The first kappa shape index (κ1) is 19.7. The molecule has 8 heteroatoms. The third kappa shape index (κ3) is 4.13. The van der Waals surface area contributed by atoms with Crippen molar-refractivity contribution in [2.45, 2.75) is 25.8 Å². The van der Waals surface area contributed by atoms with Gasteiger partial charge in [-0.15, -0.1) is 0 Å². The summed E-state index contributed by atoms with van der Waals surface area (Å²) in [6, 6.07) is 11.3. The number of benzene rings is 2. The van der Waals surface area contributed by atoms with Gasteiger partial charge in [0, 0.05) is 6.54 Å². The predicted molar refractivity (Wildman–Crippen MR) is 125 cm³/mol. The average Bonchev–Trinajstić information content (AvgIpc) is 3.38. The molecule has 30 heavy (non-hydrogen) atoms. The van der Waals surface area contributed by atoms with Gasteiger partial charge in [-0.25, -0.2) is 4.98 Å². The van der Waals surface area contributed by atoms with Crippen LogP contribution in [0.1, 0.15) is 24.8 Å². The van der Waals surface area contributed by atoms with Gasteiger partial charge in [0.25, 0.3) is 5.91 Å². The molecule has 152 valence electrons. The van der Waals surface area contributed by atoms with Gasteiger partial charge in [0.2, 0.25) is 0 Å². The Bertz CT molecular complexity index is 1190. The molecule has 0 spiro atoms. The zero-order valence-corrected chi connectivity index (χ0v) is 18.3. The summed E-state index contributed by atoms with van der Waals surface area (Å²) in [4.78, 5) is 21.5. The highest BCUT2D eigenvalue weighted by Crippen LogP contribution is 2.35. The number of aliphatic imine (C=N–C) groups is 1. The van der Waals surface area contributed by atoms with Crippen LogP contribution in [0, 0.1) is 5.92 Å². The summed E-state index contributed by atoms with van der Waals surface area (Å²) >= 11 is 13.7. The molecule has 1 aliphatic heterocycles. The van der Waals surface area contributed by atoms with Gasteiger partial charge in [-0.1, -0.05) is 48.2 Å². The Morgan fingerprint density at radius 2 is 2.00 bits per heavy atom. The topological polar surface area (TPSA) is 59.3 Å². The highest BCUT2D eigenvalue weighted by atomic mass is 35.5. The van der Waals surface area contributed by atoms with E-state index in [9.17, 15) is 4.79 Å². The van der Waals surface area contributed by atoms with Gasteiger partial charge in [0.05, 0.1) is 38.0 Å². The number of aryl methyl sites for hydroxylation is 1. The van der Waals surface area contributed by atoms with Crippen molar-refractivity contribution in [3.8, 4) is 0 Å². The second-order valence-electron chi connectivity index (χ2n) is 7.47. The molecule has 0 radical (unpaired) electrons. The molecule has 3 aromatic rings. The van der Waals surface area contributed by atoms with E-state index in [2.05, 4.69) is 25.9 Å². The number of amidine groups is 1. The maximum Gasteiger partial charge on any atom is 0.286 e. The van der Waals surface area contributed by atoms with Crippen molar-refractivity contribution in [2.24, 2.45) is 10.9 Å². The van der Waals surface area contributed by atoms with E-state index in [1.54, 1.807) is 18.2 Å². The highest BCUT2D eigenvalue weighted by Gasteiger charge is 2.23. The Labute approximate surface area is 188 Å². The number of rotatable bonds is 5. The van der Waals surface area contributed by atoms with E-state index in [4.69, 9.17) is 23.2 Å². The van der Waals surface area contributed by atoms with Crippen LogP contribution in [0.3, 0.4) is 0 Å². The number of fused-ring (bicyclic) bond motifs is 1. The minimum absolute atomic E-state index is 0.284. The summed E-state index contributed by atoms with van der Waals surface area (Å²) in [5.74, 6) is 0.586. The number of para-hydroxylation sites is 1. The first-order valence-electron chi connectivity index (χ1n) is 9.75. The van der Waals surface area contributed by atoms with Gasteiger partial charge in [-0.2, -0.15) is 4.99 Å². The number of carbonyl (C=O) groups is 1. The number of aromatic nitrogens is 2. The second kappa shape index (κ2) is 8.10. The molecule has 0 bridgehead atoms. The van der Waals surface area contributed by atoms with Gasteiger partial charge in [0.15, 0.2) is 5.17 Å². The van der Waals surface area contributed by atoms with Crippen molar-refractivity contribution in [3.05, 3.63) is 63.2 Å². The number of hydrogen-bond acceptors (Lipinski definition) is 4. The van der Waals surface area contributed by atoms with Gasteiger partial charge in [-0.3, -0.25) is 4.79 Å². The third-order valence-corrected chi connectivity index (χ3v) is 6.76. The molecule has 0 atom stereocenters. The maximum atomic E-state index is 12.4. The van der Waals surface area contributed by atoms with E-state index in [0.29, 0.717) is 25.8 Å². The molecule has 5 rings (SSSR count). The number of imidazole rings is 1. The minimum atomic E-state index is -0.284. The number of carbonyl (C=O) groups excluding carboxylic acids is 1. The second-order valence-corrected chi connectivity index (χ2v) is 9.32. The summed E-state index contributed by atoms with van der Waals surface area (Å²) in [7, 11) is 0. The Morgan fingerprint density at radius 3 is 2.77 bits per heavy atom. The van der Waals surface area contributed by atoms with E-state index >= 15 is 0 Å². The number of halogens is 2. The quantitative estimate of drug-likeness (QED) is 0.462. The van der Waals surface area contributed by atoms with Crippen molar-refractivity contribution >= 4 is 68.8 Å². The minimum Gasteiger partial charge on any atom is -0.332 e. The van der Waals surface area contributed by atoms with Crippen molar-refractivity contribution in [1.82, 2.24) is 9.55 Å². The van der Waals surface area contributed by atoms with Crippen LogP contribution < -0.4 is 5.32 Å². The largest absolute Gasteiger partial charge is 0.332 e. The molecular weight excluding hydrogens is 439 g/mol. The van der Waals surface area contributed by atoms with Crippen molar-refractivity contribution in [3.63, 3.8) is 0 Å². The smallest absolute Gasteiger partial charge is 0.286 e. The van der Waals surface area contributed by atoms with Crippen LogP contribution in [0.25, 0.3) is 17.1 Å². The molecule has 1 N–H and O–H groups in total. The van der Waals surface area contributed by atoms with Gasteiger partial charge in [0.1, 0.15) is 0 Å². The van der Waals surface area contributed by atoms with E-state index in [1.165, 1.54) is 31.0 Å². The number of anilines is 1. The molecule has 2 aliphatic rings. The fourth-order valence-electron chi connectivity index (χ4n) is 3.41. The molecule has 2 heterocycles. The van der Waals surface area contributed by atoms with E-state index in [0.717, 1.165) is 29.1 Å². The van der Waals surface area contributed by atoms with E-state index in [1.807, 2.05) is 24.5 Å². The lowest BCUT2D eigenvalue weighted by molar-refractivity contribution is -0.113. The maximum absolute atomic E-state index is 12.4. The molecule has 5 nitrogen and oxygen atoms in total. The monoisotopic (exact) mass is 456 g/mol. The van der Waals surface area contributed by atoms with Crippen LogP contribution in [-0.2, 0) is 11.3 Å². The fraction of sp³-hybridized carbons (Fsp3) is 0.227. The van der Waals surface area contributed by atoms with Crippen LogP contribution in [-0.4, -0.2) is 20.6 Å². The van der Waals surface area contributed by atoms with Crippen LogP contribution in [0.2, 0.25) is 10.0 Å². The summed E-state index contributed by atoms with van der Waals surface area (Å²) in [5, 5.41) is 4.47. The van der Waals surface area contributed by atoms with Crippen LogP contribution in [0.4, 0.5) is 5.69 Å². The Morgan fingerprint density at radius 1 is 1.20 bits per heavy atom. The molecule has 1 saturated carbocycles. The lowest BCUT2D eigenvalue weighted by Gasteiger charge is -2.08. The van der Waals surface area contributed by atoms with Gasteiger partial charge >= 0.3 is 0 Å². The SMILES string of the molecule is O=C1N=C(Nc2c(Cl)cccc2Cl)SC1=Cc1ccc2ncn(CCC3CC3)c2c1. The number of amides is 1. The Balaban J connectivity index is 1.35. The van der Waals surface area contributed by atoms with Crippen molar-refractivity contribution < 1.29 is 4.79 Å². The van der Waals surface area contributed by atoms with Crippen LogP contribution in [0.5, 0.6) is 0 Å². The predicted octanol–water partition coefficient (Wildman–Crippen LogP) is 6.23. The van der Waals surface area contributed by atoms with Crippen molar-refractivity contribution in [2.75, 3.05) is 5.32 Å².